The van der Waals surface area contributed by atoms with Crippen LogP contribution in [0.3, 0.4) is 0 Å². The monoisotopic (exact) mass is 1200 g/mol. The lowest BCUT2D eigenvalue weighted by Gasteiger charge is -2.41. The van der Waals surface area contributed by atoms with Crippen molar-refractivity contribution in [1.82, 2.24) is 9.80 Å². The smallest absolute Gasteiger partial charge is 0.493 e. The van der Waals surface area contributed by atoms with Crippen LogP contribution in [0.25, 0.3) is 0 Å². The Morgan fingerprint density at radius 1 is 0.573 bits per heavy atom. The highest BCUT2D eigenvalue weighted by Crippen LogP contribution is 2.58. The van der Waals surface area contributed by atoms with Gasteiger partial charge in [-0.25, -0.2) is 46.4 Å². The minimum Gasteiger partial charge on any atom is -0.493 e. The molecule has 2 heterocycles. The van der Waals surface area contributed by atoms with Gasteiger partial charge in [-0.3, -0.25) is 4.90 Å². The fraction of sp³-hybridized carbons (Fsp3) is 0.630. The second-order valence-corrected chi connectivity index (χ2v) is 23.8. The number of fused-ring (bicyclic) bond motifs is 2. The van der Waals surface area contributed by atoms with Crippen LogP contribution >= 0.6 is 15.6 Å². The summed E-state index contributed by atoms with van der Waals surface area (Å²) in [6.45, 7) is 9.35. The number of ether oxygens (including phenoxy) is 12. The molecule has 4 aliphatic rings. The molecule has 0 N–H and O–H groups in total. The summed E-state index contributed by atoms with van der Waals surface area (Å²) in [6.07, 6.45) is 0.358. The van der Waals surface area contributed by atoms with Crippen molar-refractivity contribution in [2.24, 2.45) is 0 Å². The predicted molar refractivity (Wildman–Crippen MR) is 289 cm³/mol. The molecule has 0 spiro atoms. The highest BCUT2D eigenvalue weighted by molar-refractivity contribution is 7.48. The number of likely N-dealkylation sites (N-methyl/N-ethyl adjacent to an activating group) is 2. The standard InChI is InChI=1S/C54H78N2O24P2/c1-35(2)75-49(57)67-31-71-81(61,72-32-68-50(58)76-36(3)4)79-42-18-21-54(23-25-56(9)48(54)30-42)40-14-16-44(64-11)46(28-40)66-26-19-38(7)78-52(60)70-34-74-82(62,73-33-69-51(59)77-37(5)6)80-41-17-20-53(22-24-55(8)47(53)29-41)39-13-15-43(63-10)45(27-39)65-12/h13-17,27-28,30,35-38,47-48H,18-26,29,31-34H2,1-12H3/t38?,47-,48-,53-,54-,82?/m0/s1. The molecule has 0 radical (unpaired) electrons. The Bertz CT molecular complexity index is 2640. The second kappa shape index (κ2) is 29.5. The summed E-state index contributed by atoms with van der Waals surface area (Å²) in [6, 6.07) is 11.1. The van der Waals surface area contributed by atoms with E-state index >= 15 is 0 Å². The Labute approximate surface area is 478 Å². The lowest BCUT2D eigenvalue weighted by atomic mass is 9.68. The number of phosphoric acid groups is 2. The van der Waals surface area contributed by atoms with Gasteiger partial charge in [-0.05, 0) is 149 Å². The molecule has 0 bridgehead atoms. The average Bonchev–Trinajstić information content (AvgIpc) is 2.18. The van der Waals surface area contributed by atoms with E-state index < -0.39 is 97.3 Å². The first-order valence-electron chi connectivity index (χ1n) is 26.8. The SMILES string of the molecule is COc1ccc([C@@]23CC=C(OP(=O)(OCOC(=O)OC(C)C)OCOC(=O)OC(C)CCOc4cc([C@@]56CCC(OP(=O)(OCOC(=O)OC(C)C)OCOC(=O)OC(C)C)=C[C@@H]5N(C)CC6)ccc4OC)C[C@@H]2N(C)CC3)cc1OC. The van der Waals surface area contributed by atoms with Gasteiger partial charge >= 0.3 is 40.3 Å². The largest absolute Gasteiger partial charge is 0.535 e. The Morgan fingerprint density at radius 3 is 1.54 bits per heavy atom. The number of carbonyl (C=O) groups excluding carboxylic acids is 4. The van der Waals surface area contributed by atoms with E-state index in [4.69, 9.17) is 84.0 Å². The molecule has 2 aliphatic carbocycles. The molecule has 6 rings (SSSR count). The van der Waals surface area contributed by atoms with Crippen LogP contribution in [-0.2, 0) is 85.0 Å². The van der Waals surface area contributed by atoms with Crippen molar-refractivity contribution in [3.63, 3.8) is 0 Å². The molecule has 6 atom stereocenters. The fourth-order valence-corrected chi connectivity index (χ4v) is 12.1. The van der Waals surface area contributed by atoms with Gasteiger partial charge in [-0.15, -0.1) is 0 Å². The van der Waals surface area contributed by atoms with Gasteiger partial charge in [0.2, 0.25) is 27.2 Å². The van der Waals surface area contributed by atoms with Gasteiger partial charge in [-0.1, -0.05) is 12.1 Å². The van der Waals surface area contributed by atoms with Crippen LogP contribution in [-0.4, -0.2) is 153 Å². The molecule has 26 nitrogen and oxygen atoms in total. The zero-order valence-electron chi connectivity index (χ0n) is 48.6. The van der Waals surface area contributed by atoms with Crippen LogP contribution in [0.1, 0.15) is 105 Å². The van der Waals surface area contributed by atoms with Crippen molar-refractivity contribution >= 4 is 40.3 Å². The molecule has 458 valence electrons. The summed E-state index contributed by atoms with van der Waals surface area (Å²) >= 11 is 0. The molecule has 28 heteroatoms. The molecule has 82 heavy (non-hydrogen) atoms. The van der Waals surface area contributed by atoms with Gasteiger partial charge in [0.1, 0.15) is 17.6 Å². The Hall–Kier alpha value is -5.98. The zero-order chi connectivity index (χ0) is 59.8. The van der Waals surface area contributed by atoms with Crippen LogP contribution in [0.4, 0.5) is 19.2 Å². The molecule has 2 aromatic carbocycles. The molecule has 2 aromatic rings. The first-order valence-corrected chi connectivity index (χ1v) is 29.7. The average molecular weight is 1200 g/mol. The third-order valence-electron chi connectivity index (χ3n) is 14.1. The normalized spacial score (nSPS) is 21.8. The van der Waals surface area contributed by atoms with Crippen molar-refractivity contribution in [2.75, 3.05) is 82.3 Å². The molecule has 0 aromatic heterocycles. The van der Waals surface area contributed by atoms with E-state index in [0.29, 0.717) is 54.6 Å². The lowest BCUT2D eigenvalue weighted by molar-refractivity contribution is -0.0466. The number of methoxy groups -OCH3 is 3. The molecule has 0 saturated carbocycles. The van der Waals surface area contributed by atoms with Crippen molar-refractivity contribution in [1.29, 1.82) is 0 Å². The quantitative estimate of drug-likeness (QED) is 0.0317. The van der Waals surface area contributed by atoms with Gasteiger partial charge in [0, 0.05) is 42.2 Å². The van der Waals surface area contributed by atoms with Crippen molar-refractivity contribution < 1.29 is 112 Å². The fourth-order valence-electron chi connectivity index (χ4n) is 10.1. The van der Waals surface area contributed by atoms with Gasteiger partial charge in [0.25, 0.3) is 0 Å². The van der Waals surface area contributed by atoms with E-state index in [9.17, 15) is 28.3 Å². The van der Waals surface area contributed by atoms with E-state index in [-0.39, 0.29) is 42.7 Å². The second-order valence-electron chi connectivity index (χ2n) is 20.6. The van der Waals surface area contributed by atoms with Crippen LogP contribution in [0.5, 0.6) is 23.0 Å². The third-order valence-corrected chi connectivity index (χ3v) is 16.7. The maximum atomic E-state index is 14.2. The van der Waals surface area contributed by atoms with Gasteiger partial charge in [0.15, 0.2) is 23.0 Å². The van der Waals surface area contributed by atoms with Crippen LogP contribution in [0, 0.1) is 0 Å². The maximum absolute atomic E-state index is 14.2. The first-order chi connectivity index (χ1) is 38.9. The molecule has 2 aliphatic heterocycles. The van der Waals surface area contributed by atoms with E-state index in [0.717, 1.165) is 30.5 Å². The predicted octanol–water partition coefficient (Wildman–Crippen LogP) is 10.8. The number of rotatable bonds is 29. The number of phosphoric ester groups is 2. The molecular weight excluding hydrogens is 1120 g/mol. The molecule has 2 saturated heterocycles. The molecule has 2 unspecified atom stereocenters. The van der Waals surface area contributed by atoms with Crippen LogP contribution in [0.2, 0.25) is 0 Å². The minimum absolute atomic E-state index is 0.0702. The number of nitrogens with zero attached hydrogens (tertiary/aromatic N) is 2. The van der Waals surface area contributed by atoms with Crippen molar-refractivity contribution in [2.45, 2.75) is 141 Å². The highest BCUT2D eigenvalue weighted by Gasteiger charge is 2.51. The Balaban J connectivity index is 1.06. The van der Waals surface area contributed by atoms with E-state index in [2.05, 4.69) is 9.80 Å². The number of carbonyl (C=O) groups is 4. The summed E-state index contributed by atoms with van der Waals surface area (Å²) < 4.78 is 125. The third kappa shape index (κ3) is 17.5. The molecule has 2 fully saturated rings. The topological polar surface area (TPSA) is 275 Å². The highest BCUT2D eigenvalue weighted by atomic mass is 31.2. The van der Waals surface area contributed by atoms with E-state index in [1.165, 1.54) is 7.11 Å². The van der Waals surface area contributed by atoms with Crippen molar-refractivity contribution in [3.8, 4) is 23.0 Å². The lowest BCUT2D eigenvalue weighted by Crippen LogP contribution is -2.43. The van der Waals surface area contributed by atoms with Crippen LogP contribution < -0.4 is 18.9 Å². The number of hydrogen-bond acceptors (Lipinski definition) is 26. The zero-order valence-corrected chi connectivity index (χ0v) is 50.4. The maximum Gasteiger partial charge on any atom is 0.535 e. The van der Waals surface area contributed by atoms with E-state index in [1.54, 1.807) is 68.8 Å². The van der Waals surface area contributed by atoms with E-state index in [1.807, 2.05) is 56.6 Å². The number of hydrogen-bond donors (Lipinski definition) is 0. The number of likely N-dealkylation sites (tertiary alicyclic amines) is 2. The molecular formula is C54H78N2O24P2. The van der Waals surface area contributed by atoms with Gasteiger partial charge in [-0.2, -0.15) is 0 Å². The van der Waals surface area contributed by atoms with Gasteiger partial charge < -0.3 is 70.8 Å². The first kappa shape index (κ1) is 65.2. The Morgan fingerprint density at radius 2 is 1.02 bits per heavy atom. The minimum atomic E-state index is -4.65. The number of benzene rings is 2. The summed E-state index contributed by atoms with van der Waals surface area (Å²) in [5.74, 6) is 2.62. The summed E-state index contributed by atoms with van der Waals surface area (Å²) in [5.41, 5.74) is 1.15. The number of allylic oxidation sites excluding steroid dienone is 2. The summed E-state index contributed by atoms with van der Waals surface area (Å²) in [5, 5.41) is 0. The van der Waals surface area contributed by atoms with Crippen LogP contribution in [0.15, 0.2) is 60.1 Å². The molecule has 0 amide bonds. The van der Waals surface area contributed by atoms with Crippen molar-refractivity contribution in [3.05, 3.63) is 71.2 Å². The van der Waals surface area contributed by atoms with Gasteiger partial charge in [0.05, 0.1) is 46.2 Å². The summed E-state index contributed by atoms with van der Waals surface area (Å²) in [7, 11) is -0.632. The Kier molecular flexibility index (Phi) is 23.5. The summed E-state index contributed by atoms with van der Waals surface area (Å²) in [4.78, 5) is 53.5.